The Morgan fingerprint density at radius 1 is 1.38 bits per heavy atom. The molecule has 4 atom stereocenters. The monoisotopic (exact) mass is 230 g/mol. The van der Waals surface area contributed by atoms with Gasteiger partial charge in [0.2, 0.25) is 0 Å². The van der Waals surface area contributed by atoms with Crippen molar-refractivity contribution < 1.29 is 19.3 Å². The predicted octanol–water partition coefficient (Wildman–Crippen LogP) is 1.46. The lowest BCUT2D eigenvalue weighted by Gasteiger charge is -2.25. The van der Waals surface area contributed by atoms with Crippen molar-refractivity contribution in [2.24, 2.45) is 0 Å². The minimum absolute atomic E-state index is 0.00231. The molecule has 1 unspecified atom stereocenters. The lowest BCUT2D eigenvalue weighted by Crippen LogP contribution is -2.26. The van der Waals surface area contributed by atoms with E-state index in [1.165, 1.54) is 6.42 Å². The quantitative estimate of drug-likeness (QED) is 0.702. The molecule has 2 aliphatic rings. The average Bonchev–Trinajstić information content (AvgIpc) is 3.06. The highest BCUT2D eigenvalue weighted by Gasteiger charge is 2.37. The van der Waals surface area contributed by atoms with Crippen LogP contribution in [0.3, 0.4) is 0 Å². The normalized spacial score (nSPS) is 36.0. The molecule has 0 aromatic rings. The van der Waals surface area contributed by atoms with Crippen LogP contribution in [-0.2, 0) is 14.2 Å². The van der Waals surface area contributed by atoms with Crippen LogP contribution in [0, 0.1) is 0 Å². The molecule has 2 aliphatic heterocycles. The van der Waals surface area contributed by atoms with Crippen molar-refractivity contribution >= 4 is 0 Å². The molecule has 4 heteroatoms. The molecule has 0 aliphatic carbocycles. The van der Waals surface area contributed by atoms with Gasteiger partial charge in [0.25, 0.3) is 0 Å². The maximum Gasteiger partial charge on any atom is 0.157 e. The third-order valence-electron chi connectivity index (χ3n) is 3.25. The van der Waals surface area contributed by atoms with Gasteiger partial charge in [0.15, 0.2) is 6.29 Å². The van der Waals surface area contributed by atoms with Crippen molar-refractivity contribution in [3.05, 3.63) is 0 Å². The number of epoxide rings is 1. The molecule has 0 bridgehead atoms. The molecule has 0 saturated carbocycles. The Balaban J connectivity index is 1.55. The molecule has 1 N–H and O–H groups in total. The van der Waals surface area contributed by atoms with Gasteiger partial charge in [-0.25, -0.2) is 0 Å². The van der Waals surface area contributed by atoms with E-state index in [2.05, 4.69) is 6.92 Å². The molecule has 2 saturated heterocycles. The predicted molar refractivity (Wildman–Crippen MR) is 59.1 cm³/mol. The molecule has 16 heavy (non-hydrogen) atoms. The van der Waals surface area contributed by atoms with E-state index in [-0.39, 0.29) is 31.2 Å². The van der Waals surface area contributed by atoms with Crippen LogP contribution < -0.4 is 0 Å². The highest BCUT2D eigenvalue weighted by molar-refractivity contribution is 4.84. The number of hydrogen-bond acceptors (Lipinski definition) is 4. The van der Waals surface area contributed by atoms with Crippen LogP contribution >= 0.6 is 0 Å². The van der Waals surface area contributed by atoms with Gasteiger partial charge < -0.3 is 19.3 Å². The Hall–Kier alpha value is -0.160. The van der Waals surface area contributed by atoms with E-state index in [1.54, 1.807) is 0 Å². The van der Waals surface area contributed by atoms with Crippen LogP contribution in [0.1, 0.15) is 39.0 Å². The minimum atomic E-state index is -0.00231. The zero-order valence-corrected chi connectivity index (χ0v) is 9.93. The molecule has 2 heterocycles. The zero-order chi connectivity index (χ0) is 11.4. The number of ether oxygens (including phenoxy) is 3. The topological polar surface area (TPSA) is 51.2 Å². The van der Waals surface area contributed by atoms with E-state index in [1.807, 2.05) is 0 Å². The van der Waals surface area contributed by atoms with E-state index in [0.29, 0.717) is 0 Å². The van der Waals surface area contributed by atoms with E-state index in [9.17, 15) is 0 Å². The Kier molecular flexibility index (Phi) is 4.58. The van der Waals surface area contributed by atoms with Crippen LogP contribution in [0.2, 0.25) is 0 Å². The Morgan fingerprint density at radius 3 is 2.88 bits per heavy atom. The fourth-order valence-electron chi connectivity index (χ4n) is 2.14. The van der Waals surface area contributed by atoms with Crippen molar-refractivity contribution in [1.82, 2.24) is 0 Å². The Bertz CT molecular complexity index is 203. The molecule has 0 amide bonds. The summed E-state index contributed by atoms with van der Waals surface area (Å²) >= 11 is 0. The summed E-state index contributed by atoms with van der Waals surface area (Å²) in [5.74, 6) is 0. The van der Waals surface area contributed by atoms with Crippen LogP contribution in [0.25, 0.3) is 0 Å². The minimum Gasteiger partial charge on any atom is -0.394 e. The first-order chi connectivity index (χ1) is 7.79. The standard InChI is InChI=1S/C12H22O4/c1-9(5-6-10-11(8-13)16-10)15-12-4-2-3-7-14-12/h9-13H,2-8H2,1H3/t9-,10-,11-,12?/m1/s1. The van der Waals surface area contributed by atoms with Gasteiger partial charge in [-0.3, -0.25) is 0 Å². The molecule has 0 spiro atoms. The summed E-state index contributed by atoms with van der Waals surface area (Å²) in [4.78, 5) is 0. The molecule has 0 aromatic heterocycles. The fourth-order valence-corrected chi connectivity index (χ4v) is 2.14. The second-order valence-corrected chi connectivity index (χ2v) is 4.72. The summed E-state index contributed by atoms with van der Waals surface area (Å²) in [7, 11) is 0. The summed E-state index contributed by atoms with van der Waals surface area (Å²) < 4.78 is 16.6. The van der Waals surface area contributed by atoms with Crippen molar-refractivity contribution in [2.45, 2.75) is 63.6 Å². The molecule has 94 valence electrons. The van der Waals surface area contributed by atoms with Gasteiger partial charge in [-0.15, -0.1) is 0 Å². The Labute approximate surface area is 96.9 Å². The first kappa shape index (κ1) is 12.3. The number of aliphatic hydroxyl groups excluding tert-OH is 1. The third-order valence-corrected chi connectivity index (χ3v) is 3.25. The summed E-state index contributed by atoms with van der Waals surface area (Å²) in [5.41, 5.74) is 0. The maximum atomic E-state index is 8.83. The lowest BCUT2D eigenvalue weighted by molar-refractivity contribution is -0.185. The van der Waals surface area contributed by atoms with Crippen LogP contribution in [0.4, 0.5) is 0 Å². The first-order valence-corrected chi connectivity index (χ1v) is 6.33. The number of rotatable bonds is 6. The van der Waals surface area contributed by atoms with Crippen LogP contribution in [0.5, 0.6) is 0 Å². The van der Waals surface area contributed by atoms with Crippen molar-refractivity contribution in [3.63, 3.8) is 0 Å². The van der Waals surface area contributed by atoms with Crippen LogP contribution in [-0.4, -0.2) is 42.9 Å². The summed E-state index contributed by atoms with van der Waals surface area (Å²) in [6.45, 7) is 3.05. The van der Waals surface area contributed by atoms with E-state index in [4.69, 9.17) is 19.3 Å². The zero-order valence-electron chi connectivity index (χ0n) is 9.93. The molecule has 2 rings (SSSR count). The number of hydrogen-bond donors (Lipinski definition) is 1. The highest BCUT2D eigenvalue weighted by atomic mass is 16.7. The van der Waals surface area contributed by atoms with Crippen molar-refractivity contribution in [3.8, 4) is 0 Å². The van der Waals surface area contributed by atoms with Gasteiger partial charge in [-0.05, 0) is 39.0 Å². The van der Waals surface area contributed by atoms with Gasteiger partial charge >= 0.3 is 0 Å². The SMILES string of the molecule is C[C@H](CC[C@H]1O[C@@H]1CO)OC1CCCCO1. The largest absolute Gasteiger partial charge is 0.394 e. The van der Waals surface area contributed by atoms with Crippen LogP contribution in [0.15, 0.2) is 0 Å². The molecule has 0 radical (unpaired) electrons. The smallest absolute Gasteiger partial charge is 0.157 e. The maximum absolute atomic E-state index is 8.83. The second-order valence-electron chi connectivity index (χ2n) is 4.72. The van der Waals surface area contributed by atoms with E-state index < -0.39 is 0 Å². The third kappa shape index (κ3) is 3.70. The summed E-state index contributed by atoms with van der Waals surface area (Å²) in [6, 6.07) is 0. The average molecular weight is 230 g/mol. The van der Waals surface area contributed by atoms with Gasteiger partial charge in [-0.2, -0.15) is 0 Å². The molecule has 4 nitrogen and oxygen atoms in total. The van der Waals surface area contributed by atoms with E-state index in [0.717, 1.165) is 32.3 Å². The van der Waals surface area contributed by atoms with Crippen molar-refractivity contribution in [2.75, 3.05) is 13.2 Å². The van der Waals surface area contributed by atoms with E-state index >= 15 is 0 Å². The van der Waals surface area contributed by atoms with Gasteiger partial charge in [0, 0.05) is 6.61 Å². The summed E-state index contributed by atoms with van der Waals surface area (Å²) in [5, 5.41) is 8.83. The first-order valence-electron chi connectivity index (χ1n) is 6.33. The Morgan fingerprint density at radius 2 is 2.25 bits per heavy atom. The van der Waals surface area contributed by atoms with Crippen molar-refractivity contribution in [1.29, 1.82) is 0 Å². The second kappa shape index (κ2) is 5.96. The summed E-state index contributed by atoms with van der Waals surface area (Å²) in [6.07, 6.45) is 5.87. The fraction of sp³-hybridized carbons (Fsp3) is 1.00. The van der Waals surface area contributed by atoms with Gasteiger partial charge in [-0.1, -0.05) is 0 Å². The molecule has 0 aromatic carbocycles. The van der Waals surface area contributed by atoms with Gasteiger partial charge in [0.1, 0.15) is 6.10 Å². The molecular weight excluding hydrogens is 208 g/mol. The lowest BCUT2D eigenvalue weighted by atomic mass is 10.1. The number of aliphatic hydroxyl groups is 1. The molecule has 2 fully saturated rings. The van der Waals surface area contributed by atoms with Gasteiger partial charge in [0.05, 0.1) is 18.8 Å². The highest BCUT2D eigenvalue weighted by Crippen LogP contribution is 2.27. The molecular formula is C12H22O4.